The summed E-state index contributed by atoms with van der Waals surface area (Å²) in [6.07, 6.45) is -5.39. The molecule has 0 bridgehead atoms. The van der Waals surface area contributed by atoms with E-state index in [9.17, 15) is 18.0 Å². The molecular formula is C14H17F3N2O2. The zero-order valence-corrected chi connectivity index (χ0v) is 11.3. The van der Waals surface area contributed by atoms with Crippen molar-refractivity contribution < 1.29 is 22.7 Å². The van der Waals surface area contributed by atoms with Crippen LogP contribution in [0.25, 0.3) is 0 Å². The molecule has 2 atom stereocenters. The molecule has 1 aliphatic heterocycles. The predicted octanol–water partition coefficient (Wildman–Crippen LogP) is 2.68. The van der Waals surface area contributed by atoms with Crippen molar-refractivity contribution in [3.63, 3.8) is 0 Å². The molecule has 0 unspecified atom stereocenters. The van der Waals surface area contributed by atoms with E-state index in [0.29, 0.717) is 4.90 Å². The lowest BCUT2D eigenvalue weighted by molar-refractivity contribution is -0.186. The van der Waals surface area contributed by atoms with E-state index in [1.807, 2.05) is 0 Å². The van der Waals surface area contributed by atoms with Crippen molar-refractivity contribution in [3.05, 3.63) is 35.9 Å². The molecule has 1 fully saturated rings. The van der Waals surface area contributed by atoms with Gasteiger partial charge in [-0.1, -0.05) is 30.3 Å². The van der Waals surface area contributed by atoms with Gasteiger partial charge in [-0.3, -0.25) is 4.90 Å². The van der Waals surface area contributed by atoms with Gasteiger partial charge < -0.3 is 10.5 Å². The fourth-order valence-electron chi connectivity index (χ4n) is 2.34. The smallest absolute Gasteiger partial charge is 0.410 e. The Balaban J connectivity index is 2.00. The maximum atomic E-state index is 13.0. The Hall–Kier alpha value is -1.76. The topological polar surface area (TPSA) is 55.6 Å². The van der Waals surface area contributed by atoms with Gasteiger partial charge in [-0.15, -0.1) is 0 Å². The molecule has 21 heavy (non-hydrogen) atoms. The summed E-state index contributed by atoms with van der Waals surface area (Å²) in [5.41, 5.74) is 6.38. The molecule has 116 valence electrons. The van der Waals surface area contributed by atoms with Crippen LogP contribution in [0.1, 0.15) is 18.4 Å². The largest absolute Gasteiger partial charge is 0.445 e. The summed E-state index contributed by atoms with van der Waals surface area (Å²) in [6, 6.07) is 6.52. The summed E-state index contributed by atoms with van der Waals surface area (Å²) in [6.45, 7) is -0.201. The molecule has 2 N–H and O–H groups in total. The maximum Gasteiger partial charge on any atom is 0.410 e. The molecule has 7 heteroatoms. The number of carbonyl (C=O) groups is 1. The highest BCUT2D eigenvalue weighted by atomic mass is 19.4. The number of hydrogen-bond donors (Lipinski definition) is 1. The van der Waals surface area contributed by atoms with E-state index < -0.39 is 24.4 Å². The van der Waals surface area contributed by atoms with Crippen LogP contribution < -0.4 is 5.73 Å². The Kier molecular flexibility index (Phi) is 4.72. The third-order valence-electron chi connectivity index (χ3n) is 3.44. The van der Waals surface area contributed by atoms with Gasteiger partial charge in [0.2, 0.25) is 0 Å². The van der Waals surface area contributed by atoms with Crippen LogP contribution in [0.4, 0.5) is 18.0 Å². The normalized spacial score (nSPS) is 23.0. The second-order valence-corrected chi connectivity index (χ2v) is 5.09. The monoisotopic (exact) mass is 302 g/mol. The zero-order chi connectivity index (χ0) is 15.5. The van der Waals surface area contributed by atoms with E-state index >= 15 is 0 Å². The molecule has 1 heterocycles. The molecule has 0 aromatic heterocycles. The highest BCUT2D eigenvalue weighted by Gasteiger charge is 2.48. The number of halogens is 3. The molecule has 0 radical (unpaired) electrons. The van der Waals surface area contributed by atoms with Crippen molar-refractivity contribution in [3.8, 4) is 0 Å². The van der Waals surface area contributed by atoms with Gasteiger partial charge in [-0.25, -0.2) is 4.79 Å². The van der Waals surface area contributed by atoms with Crippen LogP contribution in [0, 0.1) is 0 Å². The van der Waals surface area contributed by atoms with E-state index in [0.717, 1.165) is 5.56 Å². The summed E-state index contributed by atoms with van der Waals surface area (Å²) in [5, 5.41) is 0. The van der Waals surface area contributed by atoms with Crippen LogP contribution in [0.3, 0.4) is 0 Å². The first kappa shape index (κ1) is 15.6. The van der Waals surface area contributed by atoms with Crippen molar-refractivity contribution >= 4 is 6.09 Å². The van der Waals surface area contributed by atoms with Gasteiger partial charge >= 0.3 is 12.3 Å². The lowest BCUT2D eigenvalue weighted by Crippen LogP contribution is -2.56. The van der Waals surface area contributed by atoms with Crippen LogP contribution >= 0.6 is 0 Å². The summed E-state index contributed by atoms with van der Waals surface area (Å²) >= 11 is 0. The van der Waals surface area contributed by atoms with E-state index in [1.165, 1.54) is 0 Å². The number of ether oxygens (including phenoxy) is 1. The number of nitrogens with two attached hydrogens (primary N) is 1. The number of amides is 1. The van der Waals surface area contributed by atoms with Crippen LogP contribution in [-0.2, 0) is 11.3 Å². The average Bonchev–Trinajstić information content (AvgIpc) is 2.44. The Morgan fingerprint density at radius 1 is 1.29 bits per heavy atom. The Morgan fingerprint density at radius 2 is 1.95 bits per heavy atom. The first-order chi connectivity index (χ1) is 9.88. The molecule has 0 saturated carbocycles. The maximum absolute atomic E-state index is 13.0. The third kappa shape index (κ3) is 4.10. The highest BCUT2D eigenvalue weighted by molar-refractivity contribution is 5.68. The Bertz CT molecular complexity index is 479. The number of piperidine rings is 1. The van der Waals surface area contributed by atoms with Crippen LogP contribution in [0.2, 0.25) is 0 Å². The van der Waals surface area contributed by atoms with E-state index in [1.54, 1.807) is 30.3 Å². The molecular weight excluding hydrogens is 285 g/mol. The van der Waals surface area contributed by atoms with Crippen molar-refractivity contribution in [1.82, 2.24) is 4.90 Å². The van der Waals surface area contributed by atoms with Crippen LogP contribution in [0.15, 0.2) is 30.3 Å². The summed E-state index contributed by atoms with van der Waals surface area (Å²) in [7, 11) is 0. The molecule has 1 amide bonds. The number of likely N-dealkylation sites (tertiary alicyclic amines) is 1. The Morgan fingerprint density at radius 3 is 2.57 bits per heavy atom. The average molecular weight is 302 g/mol. The van der Waals surface area contributed by atoms with Gasteiger partial charge in [-0.2, -0.15) is 13.2 Å². The molecule has 1 aromatic carbocycles. The number of hydrogen-bond acceptors (Lipinski definition) is 3. The molecule has 4 nitrogen and oxygen atoms in total. The minimum atomic E-state index is -4.47. The molecule has 0 aliphatic carbocycles. The molecule has 2 rings (SSSR count). The highest BCUT2D eigenvalue weighted by Crippen LogP contribution is 2.32. The fourth-order valence-corrected chi connectivity index (χ4v) is 2.34. The van der Waals surface area contributed by atoms with Gasteiger partial charge in [0, 0.05) is 12.6 Å². The van der Waals surface area contributed by atoms with Crippen molar-refractivity contribution in [2.75, 3.05) is 6.54 Å². The summed E-state index contributed by atoms with van der Waals surface area (Å²) in [4.78, 5) is 12.6. The standard InChI is InChI=1S/C14H17F3N2O2/c15-14(16,17)12-7-6-11(18)8-19(12)13(20)21-9-10-4-2-1-3-5-10/h1-5,11-12H,6-9,18H2/t11-,12-/m1/s1. The fraction of sp³-hybridized carbons (Fsp3) is 0.500. The molecule has 1 saturated heterocycles. The Labute approximate surface area is 120 Å². The van der Waals surface area contributed by atoms with E-state index in [2.05, 4.69) is 0 Å². The van der Waals surface area contributed by atoms with Crippen molar-refractivity contribution in [2.45, 2.75) is 37.7 Å². The first-order valence-corrected chi connectivity index (χ1v) is 6.67. The number of benzene rings is 1. The summed E-state index contributed by atoms with van der Waals surface area (Å²) in [5.74, 6) is 0. The molecule has 1 aromatic rings. The zero-order valence-electron chi connectivity index (χ0n) is 11.3. The van der Waals surface area contributed by atoms with Crippen molar-refractivity contribution in [2.24, 2.45) is 5.73 Å². The minimum Gasteiger partial charge on any atom is -0.445 e. The van der Waals surface area contributed by atoms with Crippen LogP contribution in [0.5, 0.6) is 0 Å². The number of carbonyl (C=O) groups excluding carboxylic acids is 1. The number of nitrogens with zero attached hydrogens (tertiary/aromatic N) is 1. The second kappa shape index (κ2) is 6.34. The lowest BCUT2D eigenvalue weighted by Gasteiger charge is -2.38. The van der Waals surface area contributed by atoms with Gasteiger partial charge in [0.25, 0.3) is 0 Å². The summed E-state index contributed by atoms with van der Waals surface area (Å²) < 4.78 is 43.8. The minimum absolute atomic E-state index is 0.0595. The quantitative estimate of drug-likeness (QED) is 0.914. The second-order valence-electron chi connectivity index (χ2n) is 5.09. The molecule has 1 aliphatic rings. The molecule has 0 spiro atoms. The SMILES string of the molecule is N[C@@H]1CC[C@H](C(F)(F)F)N(C(=O)OCc2ccccc2)C1. The third-order valence-corrected chi connectivity index (χ3v) is 3.44. The first-order valence-electron chi connectivity index (χ1n) is 6.67. The number of rotatable bonds is 2. The van der Waals surface area contributed by atoms with Crippen molar-refractivity contribution in [1.29, 1.82) is 0 Å². The van der Waals surface area contributed by atoms with Gasteiger partial charge in [-0.05, 0) is 18.4 Å². The van der Waals surface area contributed by atoms with Gasteiger partial charge in [0.1, 0.15) is 12.6 Å². The van der Waals surface area contributed by atoms with Gasteiger partial charge in [0.15, 0.2) is 0 Å². The van der Waals surface area contributed by atoms with E-state index in [-0.39, 0.29) is 26.0 Å². The van der Waals surface area contributed by atoms with E-state index in [4.69, 9.17) is 10.5 Å². The predicted molar refractivity (Wildman–Crippen MR) is 70.4 cm³/mol. The van der Waals surface area contributed by atoms with Crippen LogP contribution in [-0.4, -0.2) is 35.8 Å². The lowest BCUT2D eigenvalue weighted by atomic mass is 9.99. The van der Waals surface area contributed by atoms with Gasteiger partial charge in [0.05, 0.1) is 0 Å². The number of alkyl halides is 3.